The van der Waals surface area contributed by atoms with E-state index in [1.54, 1.807) is 60.7 Å². The number of amides is 1. The molecule has 8 nitrogen and oxygen atoms in total. The van der Waals surface area contributed by atoms with Crippen molar-refractivity contribution in [1.82, 2.24) is 5.01 Å². The van der Waals surface area contributed by atoms with Crippen LogP contribution < -0.4 is 4.74 Å². The molecule has 0 atom stereocenters. The molecule has 0 fully saturated rings. The average Bonchev–Trinajstić information content (AvgIpc) is 3.48. The second kappa shape index (κ2) is 8.53. The molecule has 1 amide bonds. The minimum absolute atomic E-state index is 0.0876. The normalized spacial score (nSPS) is 16.5. The first-order chi connectivity index (χ1) is 16.0. The van der Waals surface area contributed by atoms with E-state index in [-0.39, 0.29) is 17.0 Å². The minimum Gasteiger partial charge on any atom is -0.462 e. The molecule has 0 saturated heterocycles. The number of carbonyl (C=O) groups excluding carboxylic acids is 2. The lowest BCUT2D eigenvalue weighted by atomic mass is 10.1. The van der Waals surface area contributed by atoms with Crippen LogP contribution in [0.4, 0.5) is 0 Å². The standard InChI is InChI=1S/C23H13ClN4O4S/c24-17-5-2-1-4-15(17)22(30)32-14-9-7-13(8-10-14)12-16-19(25)28-23(26-20(16)29)33-21(27-28)18-6-3-11-31-18/h1-12,25H/b16-12+,25-19?. The molecule has 3 heterocycles. The number of rotatable bonds is 4. The molecule has 33 heavy (non-hydrogen) atoms. The van der Waals surface area contributed by atoms with Gasteiger partial charge in [-0.1, -0.05) is 35.9 Å². The molecular formula is C23H13ClN4O4S. The number of hydrogen-bond acceptors (Lipinski definition) is 7. The maximum Gasteiger partial charge on any atom is 0.345 e. The predicted molar refractivity (Wildman–Crippen MR) is 126 cm³/mol. The first-order valence-electron chi connectivity index (χ1n) is 9.60. The van der Waals surface area contributed by atoms with Crippen LogP contribution in [0.1, 0.15) is 21.7 Å². The van der Waals surface area contributed by atoms with Gasteiger partial charge in [0.2, 0.25) is 5.17 Å². The number of nitrogens with one attached hydrogen (secondary N) is 1. The predicted octanol–water partition coefficient (Wildman–Crippen LogP) is 4.82. The molecule has 10 heteroatoms. The topological polar surface area (TPSA) is 108 Å². The van der Waals surface area contributed by atoms with Crippen LogP contribution in [0, 0.1) is 5.41 Å². The number of ether oxygens (including phenoxy) is 1. The number of carbonyl (C=O) groups is 2. The van der Waals surface area contributed by atoms with Gasteiger partial charge in [0.05, 0.1) is 22.4 Å². The Morgan fingerprint density at radius 3 is 2.64 bits per heavy atom. The minimum atomic E-state index is -0.574. The maximum absolute atomic E-state index is 12.6. The summed E-state index contributed by atoms with van der Waals surface area (Å²) in [7, 11) is 0. The smallest absolute Gasteiger partial charge is 0.345 e. The third-order valence-corrected chi connectivity index (χ3v) is 5.93. The van der Waals surface area contributed by atoms with Crippen LogP contribution in [0.5, 0.6) is 5.75 Å². The monoisotopic (exact) mass is 476 g/mol. The molecule has 0 bridgehead atoms. The molecule has 0 saturated carbocycles. The Morgan fingerprint density at radius 2 is 1.91 bits per heavy atom. The van der Waals surface area contributed by atoms with E-state index < -0.39 is 11.9 Å². The first kappa shape index (κ1) is 20.9. The number of halogens is 1. The molecule has 0 aliphatic carbocycles. The summed E-state index contributed by atoms with van der Waals surface area (Å²) in [5.41, 5.74) is 0.976. The molecule has 1 N–H and O–H groups in total. The van der Waals surface area contributed by atoms with E-state index in [1.165, 1.54) is 17.3 Å². The van der Waals surface area contributed by atoms with Gasteiger partial charge in [-0.15, -0.1) is 0 Å². The Hall–Kier alpha value is -3.95. The number of amidine groups is 2. The number of esters is 1. The third kappa shape index (κ3) is 4.11. The van der Waals surface area contributed by atoms with Gasteiger partial charge < -0.3 is 9.15 Å². The van der Waals surface area contributed by atoms with E-state index in [9.17, 15) is 9.59 Å². The highest BCUT2D eigenvalue weighted by Gasteiger charge is 2.36. The number of furan rings is 1. The summed E-state index contributed by atoms with van der Waals surface area (Å²) >= 11 is 7.19. The van der Waals surface area contributed by atoms with Crippen molar-refractivity contribution >= 4 is 57.4 Å². The van der Waals surface area contributed by atoms with Gasteiger partial charge in [-0.3, -0.25) is 10.2 Å². The summed E-state index contributed by atoms with van der Waals surface area (Å²) in [6.07, 6.45) is 3.06. The molecule has 162 valence electrons. The summed E-state index contributed by atoms with van der Waals surface area (Å²) < 4.78 is 10.7. The third-order valence-electron chi connectivity index (χ3n) is 4.68. The Bertz CT molecular complexity index is 1380. The summed E-state index contributed by atoms with van der Waals surface area (Å²) in [5, 5.41) is 15.2. The average molecular weight is 477 g/mol. The van der Waals surface area contributed by atoms with Crippen LogP contribution in [-0.2, 0) is 4.79 Å². The molecular weight excluding hydrogens is 464 g/mol. The van der Waals surface area contributed by atoms with E-state index >= 15 is 0 Å². The van der Waals surface area contributed by atoms with Crippen molar-refractivity contribution in [2.24, 2.45) is 10.1 Å². The van der Waals surface area contributed by atoms with Gasteiger partial charge in [-0.05, 0) is 59.8 Å². The Labute approximate surface area is 196 Å². The fourth-order valence-electron chi connectivity index (χ4n) is 3.08. The van der Waals surface area contributed by atoms with Crippen LogP contribution >= 0.6 is 23.4 Å². The van der Waals surface area contributed by atoms with Crippen LogP contribution in [-0.4, -0.2) is 32.9 Å². The van der Waals surface area contributed by atoms with Crippen molar-refractivity contribution in [3.8, 4) is 5.75 Å². The van der Waals surface area contributed by atoms with Crippen LogP contribution in [0.25, 0.3) is 6.08 Å². The van der Waals surface area contributed by atoms with Crippen LogP contribution in [0.3, 0.4) is 0 Å². The van der Waals surface area contributed by atoms with Gasteiger partial charge in [-0.25, -0.2) is 4.79 Å². The van der Waals surface area contributed by atoms with Gasteiger partial charge in [0.1, 0.15) is 5.75 Å². The molecule has 2 aliphatic heterocycles. The summed E-state index contributed by atoms with van der Waals surface area (Å²) in [4.78, 5) is 28.9. The summed E-state index contributed by atoms with van der Waals surface area (Å²) in [6.45, 7) is 0. The largest absolute Gasteiger partial charge is 0.462 e. The highest BCUT2D eigenvalue weighted by Crippen LogP contribution is 2.31. The van der Waals surface area contributed by atoms with Gasteiger partial charge >= 0.3 is 5.97 Å². The fourth-order valence-corrected chi connectivity index (χ4v) is 4.15. The molecule has 2 aromatic carbocycles. The number of aliphatic imine (C=N–C) groups is 1. The molecule has 0 radical (unpaired) electrons. The molecule has 5 rings (SSSR count). The zero-order chi connectivity index (χ0) is 22.9. The van der Waals surface area contributed by atoms with Crippen molar-refractivity contribution in [2.75, 3.05) is 0 Å². The van der Waals surface area contributed by atoms with E-state index in [1.807, 2.05) is 0 Å². The van der Waals surface area contributed by atoms with Gasteiger partial charge in [0, 0.05) is 0 Å². The molecule has 3 aromatic rings. The summed E-state index contributed by atoms with van der Waals surface area (Å²) in [5.74, 6) is -0.354. The SMILES string of the molecule is N=C1/C(=C\c2ccc(OC(=O)c3ccccc3Cl)cc2)C(=O)N=C2SC(c3ccco3)=NN12. The number of fused-ring (bicyclic) bond motifs is 1. The fraction of sp³-hybridized carbons (Fsp3) is 0. The quantitative estimate of drug-likeness (QED) is 0.328. The number of hydrazone groups is 1. The maximum atomic E-state index is 12.6. The Morgan fingerprint density at radius 1 is 1.12 bits per heavy atom. The molecule has 1 aromatic heterocycles. The zero-order valence-corrected chi connectivity index (χ0v) is 18.3. The second-order valence-corrected chi connectivity index (χ2v) is 8.20. The number of benzene rings is 2. The van der Waals surface area contributed by atoms with E-state index in [4.69, 9.17) is 26.2 Å². The van der Waals surface area contributed by atoms with Crippen LogP contribution in [0.2, 0.25) is 5.02 Å². The zero-order valence-electron chi connectivity index (χ0n) is 16.7. The van der Waals surface area contributed by atoms with E-state index in [2.05, 4.69) is 10.1 Å². The van der Waals surface area contributed by atoms with E-state index in [0.717, 1.165) is 11.8 Å². The number of hydrogen-bond donors (Lipinski definition) is 1. The van der Waals surface area contributed by atoms with Gasteiger partial charge in [0.25, 0.3) is 5.91 Å². The second-order valence-electron chi connectivity index (χ2n) is 6.84. The highest BCUT2D eigenvalue weighted by atomic mass is 35.5. The van der Waals surface area contributed by atoms with Crippen molar-refractivity contribution in [2.45, 2.75) is 0 Å². The Kier molecular flexibility index (Phi) is 5.41. The molecule has 0 unspecified atom stereocenters. The molecule has 2 aliphatic rings. The van der Waals surface area contributed by atoms with Crippen LogP contribution in [0.15, 0.2) is 87.0 Å². The van der Waals surface area contributed by atoms with Crippen molar-refractivity contribution in [3.63, 3.8) is 0 Å². The lowest BCUT2D eigenvalue weighted by Crippen LogP contribution is -2.35. The molecule has 0 spiro atoms. The highest BCUT2D eigenvalue weighted by molar-refractivity contribution is 8.27. The van der Waals surface area contributed by atoms with Crippen molar-refractivity contribution in [3.05, 3.63) is 94.4 Å². The van der Waals surface area contributed by atoms with Crippen molar-refractivity contribution < 1.29 is 18.7 Å². The van der Waals surface area contributed by atoms with Gasteiger partial charge in [-0.2, -0.15) is 15.1 Å². The van der Waals surface area contributed by atoms with Gasteiger partial charge in [0.15, 0.2) is 16.6 Å². The Balaban J connectivity index is 1.34. The lowest BCUT2D eigenvalue weighted by molar-refractivity contribution is -0.114. The first-order valence-corrected chi connectivity index (χ1v) is 10.8. The summed E-state index contributed by atoms with van der Waals surface area (Å²) in [6, 6.07) is 16.6. The number of nitrogens with zero attached hydrogens (tertiary/aromatic N) is 3. The lowest BCUT2D eigenvalue weighted by Gasteiger charge is -2.20. The van der Waals surface area contributed by atoms with E-state index in [0.29, 0.717) is 32.3 Å². The van der Waals surface area contributed by atoms with Crippen molar-refractivity contribution in [1.29, 1.82) is 5.41 Å². The number of thioether (sulfide) groups is 1.